The van der Waals surface area contributed by atoms with Crippen molar-refractivity contribution in [2.24, 2.45) is 5.41 Å². The fourth-order valence-corrected chi connectivity index (χ4v) is 1.63. The molecule has 4 nitrogen and oxygen atoms in total. The smallest absolute Gasteiger partial charge is 0.320 e. The Balaban J connectivity index is 4.96. The summed E-state index contributed by atoms with van der Waals surface area (Å²) in [6.07, 6.45) is 0.472. The molecule has 0 N–H and O–H groups in total. The molecule has 0 aromatic rings. The van der Waals surface area contributed by atoms with Gasteiger partial charge in [0.05, 0.1) is 6.61 Å². The van der Waals surface area contributed by atoms with Crippen LogP contribution < -0.4 is 0 Å². The van der Waals surface area contributed by atoms with Gasteiger partial charge >= 0.3 is 5.97 Å². The highest BCUT2D eigenvalue weighted by Gasteiger charge is 2.43. The van der Waals surface area contributed by atoms with Gasteiger partial charge in [0.1, 0.15) is 11.2 Å². The van der Waals surface area contributed by atoms with E-state index in [0.717, 1.165) is 0 Å². The molecule has 0 saturated carbocycles. The minimum absolute atomic E-state index is 0.128. The lowest BCUT2D eigenvalue weighted by atomic mass is 9.81. The number of esters is 1. The first-order valence-corrected chi connectivity index (χ1v) is 5.23. The number of carbonyl (C=O) groups excluding carboxylic acids is 2. The molecule has 0 heterocycles. The van der Waals surface area contributed by atoms with E-state index in [1.165, 1.54) is 6.92 Å². The molecule has 0 aromatic carbocycles. The zero-order valence-corrected chi connectivity index (χ0v) is 10.3. The SMILES string of the molecule is CCOC(=O)C(CC)(CN(C)C)C(C)=O. The van der Waals surface area contributed by atoms with Crippen molar-refractivity contribution >= 4 is 11.8 Å². The second-order valence-electron chi connectivity index (χ2n) is 3.95. The van der Waals surface area contributed by atoms with Gasteiger partial charge in [0.25, 0.3) is 0 Å². The first-order chi connectivity index (χ1) is 6.90. The third kappa shape index (κ3) is 3.30. The van der Waals surface area contributed by atoms with E-state index in [0.29, 0.717) is 19.6 Å². The first kappa shape index (κ1) is 14.1. The van der Waals surface area contributed by atoms with E-state index in [1.54, 1.807) is 6.92 Å². The minimum Gasteiger partial charge on any atom is -0.465 e. The number of rotatable bonds is 6. The number of ether oxygens (including phenoxy) is 1. The third-order valence-electron chi connectivity index (χ3n) is 2.53. The fourth-order valence-electron chi connectivity index (χ4n) is 1.63. The van der Waals surface area contributed by atoms with E-state index < -0.39 is 11.4 Å². The van der Waals surface area contributed by atoms with Crippen molar-refractivity contribution in [2.75, 3.05) is 27.2 Å². The molecule has 4 heteroatoms. The van der Waals surface area contributed by atoms with Gasteiger partial charge in [-0.1, -0.05) is 6.92 Å². The summed E-state index contributed by atoms with van der Waals surface area (Å²) >= 11 is 0. The highest BCUT2D eigenvalue weighted by molar-refractivity contribution is 6.02. The summed E-state index contributed by atoms with van der Waals surface area (Å²) in [4.78, 5) is 25.3. The molecule has 0 aromatic heterocycles. The zero-order valence-electron chi connectivity index (χ0n) is 10.3. The van der Waals surface area contributed by atoms with Crippen LogP contribution in [0.2, 0.25) is 0 Å². The molecule has 0 bridgehead atoms. The maximum Gasteiger partial charge on any atom is 0.320 e. The largest absolute Gasteiger partial charge is 0.465 e. The average molecular weight is 215 g/mol. The molecule has 15 heavy (non-hydrogen) atoms. The lowest BCUT2D eigenvalue weighted by Gasteiger charge is -2.30. The molecule has 0 amide bonds. The Hall–Kier alpha value is -0.900. The Morgan fingerprint density at radius 3 is 2.07 bits per heavy atom. The molecule has 0 aliphatic rings. The molecule has 1 atom stereocenters. The van der Waals surface area contributed by atoms with Gasteiger partial charge in [-0.2, -0.15) is 0 Å². The summed E-state index contributed by atoms with van der Waals surface area (Å²) < 4.78 is 4.97. The van der Waals surface area contributed by atoms with E-state index >= 15 is 0 Å². The average Bonchev–Trinajstić information content (AvgIpc) is 2.13. The molecule has 0 spiro atoms. The number of Topliss-reactive ketones (excluding diaryl/α,β-unsaturated/α-hetero) is 1. The van der Waals surface area contributed by atoms with Crippen LogP contribution in [0.1, 0.15) is 27.2 Å². The van der Waals surface area contributed by atoms with Gasteiger partial charge in [-0.3, -0.25) is 9.59 Å². The van der Waals surface area contributed by atoms with Gasteiger partial charge in [-0.25, -0.2) is 0 Å². The monoisotopic (exact) mass is 215 g/mol. The number of ketones is 1. The lowest BCUT2D eigenvalue weighted by Crippen LogP contribution is -2.46. The number of hydrogen-bond acceptors (Lipinski definition) is 4. The number of carbonyl (C=O) groups is 2. The molecule has 0 aliphatic heterocycles. The molecule has 88 valence electrons. The molecular formula is C11H21NO3. The maximum absolute atomic E-state index is 11.8. The van der Waals surface area contributed by atoms with Crippen LogP contribution in [0.4, 0.5) is 0 Å². The second kappa shape index (κ2) is 5.85. The normalized spacial score (nSPS) is 14.8. The molecule has 0 radical (unpaired) electrons. The zero-order chi connectivity index (χ0) is 12.1. The Kier molecular flexibility index (Phi) is 5.50. The van der Waals surface area contributed by atoms with Crippen LogP contribution in [-0.4, -0.2) is 43.9 Å². The Bertz CT molecular complexity index is 238. The van der Waals surface area contributed by atoms with Crippen LogP contribution in [0.15, 0.2) is 0 Å². The van der Waals surface area contributed by atoms with Gasteiger partial charge in [0, 0.05) is 6.54 Å². The molecule has 0 saturated heterocycles. The third-order valence-corrected chi connectivity index (χ3v) is 2.53. The van der Waals surface area contributed by atoms with Crippen molar-refractivity contribution in [1.82, 2.24) is 4.90 Å². The Labute approximate surface area is 91.6 Å². The van der Waals surface area contributed by atoms with Crippen molar-refractivity contribution in [3.8, 4) is 0 Å². The van der Waals surface area contributed by atoms with E-state index in [2.05, 4.69) is 0 Å². The topological polar surface area (TPSA) is 46.6 Å². The quantitative estimate of drug-likeness (QED) is 0.491. The summed E-state index contributed by atoms with van der Waals surface area (Å²) in [6, 6.07) is 0. The maximum atomic E-state index is 11.8. The Morgan fingerprint density at radius 1 is 1.27 bits per heavy atom. The minimum atomic E-state index is -1.00. The molecule has 1 unspecified atom stereocenters. The van der Waals surface area contributed by atoms with Gasteiger partial charge in [-0.05, 0) is 34.4 Å². The summed E-state index contributed by atoms with van der Waals surface area (Å²) in [7, 11) is 3.68. The second-order valence-corrected chi connectivity index (χ2v) is 3.95. The summed E-state index contributed by atoms with van der Waals surface area (Å²) in [5, 5.41) is 0. The number of nitrogens with zero attached hydrogens (tertiary/aromatic N) is 1. The molecule has 0 fully saturated rings. The van der Waals surface area contributed by atoms with Gasteiger partial charge < -0.3 is 9.64 Å². The van der Waals surface area contributed by atoms with Gasteiger partial charge in [0.15, 0.2) is 0 Å². The lowest BCUT2D eigenvalue weighted by molar-refractivity contribution is -0.161. The van der Waals surface area contributed by atoms with Gasteiger partial charge in [-0.15, -0.1) is 0 Å². The Morgan fingerprint density at radius 2 is 1.80 bits per heavy atom. The standard InChI is InChI=1S/C11H21NO3/c1-6-11(9(3)13,8-12(4)5)10(14)15-7-2/h6-8H2,1-5H3. The van der Waals surface area contributed by atoms with Gasteiger partial charge in [0.2, 0.25) is 0 Å². The van der Waals surface area contributed by atoms with Crippen LogP contribution >= 0.6 is 0 Å². The summed E-state index contributed by atoms with van der Waals surface area (Å²) in [5.41, 5.74) is -1.00. The van der Waals surface area contributed by atoms with Crippen molar-refractivity contribution in [3.63, 3.8) is 0 Å². The van der Waals surface area contributed by atoms with Crippen molar-refractivity contribution in [3.05, 3.63) is 0 Å². The van der Waals surface area contributed by atoms with Crippen LogP contribution in [0, 0.1) is 5.41 Å². The fraction of sp³-hybridized carbons (Fsp3) is 0.818. The summed E-state index contributed by atoms with van der Waals surface area (Å²) in [5.74, 6) is -0.536. The predicted molar refractivity (Wildman–Crippen MR) is 58.6 cm³/mol. The van der Waals surface area contributed by atoms with E-state index in [9.17, 15) is 9.59 Å². The van der Waals surface area contributed by atoms with E-state index in [-0.39, 0.29) is 5.78 Å². The highest BCUT2D eigenvalue weighted by atomic mass is 16.5. The predicted octanol–water partition coefficient (Wildman–Crippen LogP) is 1.10. The number of hydrogen-bond donors (Lipinski definition) is 0. The van der Waals surface area contributed by atoms with E-state index in [1.807, 2.05) is 25.9 Å². The van der Waals surface area contributed by atoms with Crippen molar-refractivity contribution in [2.45, 2.75) is 27.2 Å². The van der Waals surface area contributed by atoms with Crippen LogP contribution in [0.3, 0.4) is 0 Å². The van der Waals surface area contributed by atoms with Crippen molar-refractivity contribution in [1.29, 1.82) is 0 Å². The molecular weight excluding hydrogens is 194 g/mol. The van der Waals surface area contributed by atoms with Crippen LogP contribution in [0.5, 0.6) is 0 Å². The first-order valence-electron chi connectivity index (χ1n) is 5.23. The highest BCUT2D eigenvalue weighted by Crippen LogP contribution is 2.26. The van der Waals surface area contributed by atoms with E-state index in [4.69, 9.17) is 4.74 Å². The van der Waals surface area contributed by atoms with Crippen LogP contribution in [0.25, 0.3) is 0 Å². The molecule has 0 rings (SSSR count). The summed E-state index contributed by atoms with van der Waals surface area (Å²) in [6.45, 7) is 5.73. The van der Waals surface area contributed by atoms with Crippen molar-refractivity contribution < 1.29 is 14.3 Å². The molecule has 0 aliphatic carbocycles. The van der Waals surface area contributed by atoms with Crippen LogP contribution in [-0.2, 0) is 14.3 Å².